The number of carbonyl (C=O) groups is 1. The standard InChI is InChI=1S/C24H27N3O5/c1-4-31-19-12-13-20-21(14-19)26(18-6-5-7-18)22(23(20)27(29)30)16-8-10-17(11-9-16)25-24(28)32-15(2)3/h8-15,18H,4-7H2,1-3H3,(H,25,28). The number of hydrogen-bond acceptors (Lipinski definition) is 5. The molecular weight excluding hydrogens is 410 g/mol. The van der Waals surface area contributed by atoms with Gasteiger partial charge in [-0.2, -0.15) is 0 Å². The normalized spacial score (nSPS) is 13.8. The maximum Gasteiger partial charge on any atom is 0.411 e. The lowest BCUT2D eigenvalue weighted by Crippen LogP contribution is -2.18. The van der Waals surface area contributed by atoms with Crippen LogP contribution in [0.5, 0.6) is 5.75 Å². The van der Waals surface area contributed by atoms with Gasteiger partial charge in [0, 0.05) is 23.4 Å². The highest BCUT2D eigenvalue weighted by molar-refractivity contribution is 5.99. The summed E-state index contributed by atoms with van der Waals surface area (Å²) in [5, 5.41) is 15.4. The summed E-state index contributed by atoms with van der Waals surface area (Å²) in [5.41, 5.74) is 2.77. The van der Waals surface area contributed by atoms with Gasteiger partial charge in [-0.25, -0.2) is 4.79 Å². The molecule has 0 atom stereocenters. The monoisotopic (exact) mass is 437 g/mol. The van der Waals surface area contributed by atoms with Crippen molar-refractivity contribution in [3.63, 3.8) is 0 Å². The predicted molar refractivity (Wildman–Crippen MR) is 123 cm³/mol. The SMILES string of the molecule is CCOc1ccc2c([N+](=O)[O-])c(-c3ccc(NC(=O)OC(C)C)cc3)n(C3CCC3)c2c1. The largest absolute Gasteiger partial charge is 0.494 e. The lowest BCUT2D eigenvalue weighted by atomic mass is 9.92. The topological polar surface area (TPSA) is 95.6 Å². The Labute approximate surface area is 186 Å². The molecule has 1 fully saturated rings. The van der Waals surface area contributed by atoms with Gasteiger partial charge < -0.3 is 14.0 Å². The molecule has 1 saturated carbocycles. The Kier molecular flexibility index (Phi) is 6.03. The molecule has 1 amide bonds. The van der Waals surface area contributed by atoms with Crippen LogP contribution in [0.1, 0.15) is 46.1 Å². The molecule has 1 heterocycles. The predicted octanol–water partition coefficient (Wildman–Crippen LogP) is 6.30. The highest BCUT2D eigenvalue weighted by Gasteiger charge is 2.33. The van der Waals surface area contributed by atoms with Crippen LogP contribution in [-0.4, -0.2) is 28.3 Å². The van der Waals surface area contributed by atoms with Crippen LogP contribution < -0.4 is 10.1 Å². The first kappa shape index (κ1) is 21.7. The fourth-order valence-electron chi connectivity index (χ4n) is 4.09. The molecule has 8 nitrogen and oxygen atoms in total. The minimum absolute atomic E-state index is 0.0925. The van der Waals surface area contributed by atoms with Crippen molar-refractivity contribution < 1.29 is 19.2 Å². The second-order valence-electron chi connectivity index (χ2n) is 8.18. The van der Waals surface area contributed by atoms with Crippen molar-refractivity contribution in [1.82, 2.24) is 4.57 Å². The van der Waals surface area contributed by atoms with Crippen LogP contribution in [0.2, 0.25) is 0 Å². The number of nitrogens with one attached hydrogen (secondary N) is 1. The van der Waals surface area contributed by atoms with Gasteiger partial charge in [-0.05, 0) is 64.3 Å². The molecule has 168 valence electrons. The fraction of sp³-hybridized carbons (Fsp3) is 0.375. The molecule has 4 rings (SSSR count). The van der Waals surface area contributed by atoms with E-state index in [1.54, 1.807) is 50.2 Å². The second kappa shape index (κ2) is 8.90. The van der Waals surface area contributed by atoms with Crippen LogP contribution in [0.15, 0.2) is 42.5 Å². The number of nitro groups is 1. The van der Waals surface area contributed by atoms with Gasteiger partial charge in [-0.3, -0.25) is 15.4 Å². The number of anilines is 1. The van der Waals surface area contributed by atoms with Crippen molar-refractivity contribution in [3.05, 3.63) is 52.6 Å². The van der Waals surface area contributed by atoms with Crippen LogP contribution in [0.4, 0.5) is 16.2 Å². The molecule has 1 aliphatic carbocycles. The van der Waals surface area contributed by atoms with E-state index in [0.29, 0.717) is 29.1 Å². The van der Waals surface area contributed by atoms with Gasteiger partial charge in [0.25, 0.3) is 0 Å². The lowest BCUT2D eigenvalue weighted by Gasteiger charge is -2.29. The van der Waals surface area contributed by atoms with Crippen molar-refractivity contribution >= 4 is 28.4 Å². The van der Waals surface area contributed by atoms with Gasteiger partial charge in [0.2, 0.25) is 0 Å². The van der Waals surface area contributed by atoms with Crippen molar-refractivity contribution in [2.45, 2.75) is 52.2 Å². The molecule has 2 aromatic carbocycles. The summed E-state index contributed by atoms with van der Waals surface area (Å²) in [4.78, 5) is 23.7. The molecule has 0 bridgehead atoms. The van der Waals surface area contributed by atoms with Crippen molar-refractivity contribution in [1.29, 1.82) is 0 Å². The van der Waals surface area contributed by atoms with Crippen LogP contribution in [0, 0.1) is 10.1 Å². The van der Waals surface area contributed by atoms with E-state index in [2.05, 4.69) is 9.88 Å². The maximum absolute atomic E-state index is 12.2. The first-order valence-electron chi connectivity index (χ1n) is 10.9. The number of nitrogens with zero attached hydrogens (tertiary/aromatic N) is 2. The van der Waals surface area contributed by atoms with E-state index in [0.717, 1.165) is 30.3 Å². The molecular formula is C24H27N3O5. The summed E-state index contributed by atoms with van der Waals surface area (Å²) in [6.07, 6.45) is 2.30. The highest BCUT2D eigenvalue weighted by atomic mass is 16.6. The van der Waals surface area contributed by atoms with Gasteiger partial charge in [-0.15, -0.1) is 0 Å². The second-order valence-corrected chi connectivity index (χ2v) is 8.18. The third-order valence-electron chi connectivity index (χ3n) is 5.63. The Hall–Kier alpha value is -3.55. The van der Waals surface area contributed by atoms with Crippen LogP contribution >= 0.6 is 0 Å². The maximum atomic E-state index is 12.2. The molecule has 0 spiro atoms. The zero-order chi connectivity index (χ0) is 22.8. The molecule has 0 unspecified atom stereocenters. The molecule has 3 aromatic rings. The molecule has 0 aliphatic heterocycles. The Morgan fingerprint density at radius 3 is 2.50 bits per heavy atom. The molecule has 8 heteroatoms. The summed E-state index contributed by atoms with van der Waals surface area (Å²) < 4.78 is 12.9. The molecule has 1 aliphatic rings. The minimum Gasteiger partial charge on any atom is -0.494 e. The summed E-state index contributed by atoms with van der Waals surface area (Å²) in [5.74, 6) is 0.697. The molecule has 1 aromatic heterocycles. The van der Waals surface area contributed by atoms with Crippen LogP contribution in [0.3, 0.4) is 0 Å². The van der Waals surface area contributed by atoms with E-state index in [1.807, 2.05) is 13.0 Å². The minimum atomic E-state index is -0.536. The summed E-state index contributed by atoms with van der Waals surface area (Å²) >= 11 is 0. The smallest absolute Gasteiger partial charge is 0.411 e. The first-order valence-corrected chi connectivity index (χ1v) is 10.9. The number of fused-ring (bicyclic) bond motifs is 1. The van der Waals surface area contributed by atoms with Gasteiger partial charge in [-0.1, -0.05) is 12.1 Å². The number of benzene rings is 2. The van der Waals surface area contributed by atoms with E-state index in [-0.39, 0.29) is 22.8 Å². The molecule has 32 heavy (non-hydrogen) atoms. The quantitative estimate of drug-likeness (QED) is 0.346. The van der Waals surface area contributed by atoms with Crippen LogP contribution in [0.25, 0.3) is 22.2 Å². The van der Waals surface area contributed by atoms with Crippen molar-refractivity contribution in [2.75, 3.05) is 11.9 Å². The average molecular weight is 437 g/mol. The van der Waals surface area contributed by atoms with Crippen molar-refractivity contribution in [2.24, 2.45) is 0 Å². The number of ether oxygens (including phenoxy) is 2. The Morgan fingerprint density at radius 1 is 1.22 bits per heavy atom. The van der Waals surface area contributed by atoms with Gasteiger partial charge in [0.1, 0.15) is 11.4 Å². The number of aromatic nitrogens is 1. The highest BCUT2D eigenvalue weighted by Crippen LogP contribution is 2.46. The Bertz CT molecular complexity index is 1150. The lowest BCUT2D eigenvalue weighted by molar-refractivity contribution is -0.382. The average Bonchev–Trinajstić information content (AvgIpc) is 3.01. The third kappa shape index (κ3) is 4.12. The first-order chi connectivity index (χ1) is 15.4. The molecule has 1 N–H and O–H groups in total. The third-order valence-corrected chi connectivity index (χ3v) is 5.63. The summed E-state index contributed by atoms with van der Waals surface area (Å²) in [7, 11) is 0. The van der Waals surface area contributed by atoms with E-state index >= 15 is 0 Å². The number of carbonyl (C=O) groups excluding carboxylic acids is 1. The Balaban J connectivity index is 1.81. The zero-order valence-corrected chi connectivity index (χ0v) is 18.5. The van der Waals surface area contributed by atoms with E-state index in [4.69, 9.17) is 9.47 Å². The van der Waals surface area contributed by atoms with Gasteiger partial charge >= 0.3 is 11.8 Å². The van der Waals surface area contributed by atoms with Gasteiger partial charge in [0.15, 0.2) is 0 Å². The van der Waals surface area contributed by atoms with E-state index < -0.39 is 6.09 Å². The van der Waals surface area contributed by atoms with Crippen molar-refractivity contribution in [3.8, 4) is 17.0 Å². The van der Waals surface area contributed by atoms with E-state index in [9.17, 15) is 14.9 Å². The van der Waals surface area contributed by atoms with E-state index in [1.165, 1.54) is 0 Å². The number of hydrogen-bond donors (Lipinski definition) is 1. The summed E-state index contributed by atoms with van der Waals surface area (Å²) in [6.45, 7) is 5.99. The summed E-state index contributed by atoms with van der Waals surface area (Å²) in [6, 6.07) is 12.7. The molecule has 0 radical (unpaired) electrons. The fourth-order valence-corrected chi connectivity index (χ4v) is 4.09. The number of rotatable bonds is 7. The number of amides is 1. The molecule has 0 saturated heterocycles. The Morgan fingerprint density at radius 2 is 1.94 bits per heavy atom. The van der Waals surface area contributed by atoms with Gasteiger partial charge in [0.05, 0.1) is 28.5 Å². The zero-order valence-electron chi connectivity index (χ0n) is 18.5. The van der Waals surface area contributed by atoms with Crippen LogP contribution in [-0.2, 0) is 4.74 Å².